The number of nitrogens with zero attached hydrogens (tertiary/aromatic N) is 1. The molecule has 2 aromatic rings. The monoisotopic (exact) mass is 319 g/mol. The van der Waals surface area contributed by atoms with Gasteiger partial charge in [0.15, 0.2) is 10.9 Å². The van der Waals surface area contributed by atoms with E-state index in [1.165, 1.54) is 23.5 Å². The summed E-state index contributed by atoms with van der Waals surface area (Å²) in [5, 5.41) is 12.1. The van der Waals surface area contributed by atoms with E-state index in [-0.39, 0.29) is 10.9 Å². The van der Waals surface area contributed by atoms with Crippen LogP contribution in [0.2, 0.25) is 0 Å². The number of hydrogen-bond acceptors (Lipinski definition) is 5. The summed E-state index contributed by atoms with van der Waals surface area (Å²) in [4.78, 5) is 28.6. The molecule has 0 aliphatic heterocycles. The number of thioether (sulfide) groups is 1. The largest absolute Gasteiger partial charge is 0.476 e. The maximum Gasteiger partial charge on any atom is 0.356 e. The van der Waals surface area contributed by atoms with Crippen LogP contribution in [0.5, 0.6) is 0 Å². The number of aldehydes is 1. The van der Waals surface area contributed by atoms with Crippen molar-refractivity contribution in [3.8, 4) is 0 Å². The number of imidazole rings is 1. The SMILES string of the molecule is Cc1cccc(NCC(C=O)Sc2nc(C(=O)O)c[nH]2)c1C. The molecule has 0 aliphatic rings. The Hall–Kier alpha value is -2.28. The Morgan fingerprint density at radius 2 is 2.27 bits per heavy atom. The molecular formula is C15H17N3O3S. The summed E-state index contributed by atoms with van der Waals surface area (Å²) in [6.45, 7) is 4.48. The maximum atomic E-state index is 11.2. The number of aryl methyl sites for hydroxylation is 1. The van der Waals surface area contributed by atoms with Crippen molar-refractivity contribution in [2.45, 2.75) is 24.3 Å². The fourth-order valence-electron chi connectivity index (χ4n) is 1.89. The first-order valence-corrected chi connectivity index (χ1v) is 7.60. The molecule has 0 aliphatic carbocycles. The van der Waals surface area contributed by atoms with Crippen molar-refractivity contribution in [3.05, 3.63) is 41.2 Å². The second-order valence-electron chi connectivity index (χ2n) is 4.82. The van der Waals surface area contributed by atoms with E-state index >= 15 is 0 Å². The van der Waals surface area contributed by atoms with Gasteiger partial charge in [-0.1, -0.05) is 23.9 Å². The van der Waals surface area contributed by atoms with E-state index in [0.29, 0.717) is 11.7 Å². The van der Waals surface area contributed by atoms with E-state index in [4.69, 9.17) is 5.11 Å². The van der Waals surface area contributed by atoms with Gasteiger partial charge in [-0.3, -0.25) is 0 Å². The highest BCUT2D eigenvalue weighted by Crippen LogP contribution is 2.22. The highest BCUT2D eigenvalue weighted by atomic mass is 32.2. The molecule has 1 unspecified atom stereocenters. The summed E-state index contributed by atoms with van der Waals surface area (Å²) < 4.78 is 0. The number of aromatic amines is 1. The average molecular weight is 319 g/mol. The van der Waals surface area contributed by atoms with Crippen molar-refractivity contribution in [1.82, 2.24) is 9.97 Å². The molecule has 1 atom stereocenters. The first kappa shape index (κ1) is 16.1. The lowest BCUT2D eigenvalue weighted by Gasteiger charge is -2.14. The number of carboxylic acids is 1. The van der Waals surface area contributed by atoms with Crippen molar-refractivity contribution in [2.24, 2.45) is 0 Å². The van der Waals surface area contributed by atoms with Gasteiger partial charge in [-0.15, -0.1) is 0 Å². The van der Waals surface area contributed by atoms with Crippen molar-refractivity contribution < 1.29 is 14.7 Å². The first-order chi connectivity index (χ1) is 10.5. The number of aromatic carboxylic acids is 1. The van der Waals surface area contributed by atoms with Crippen LogP contribution in [-0.2, 0) is 4.79 Å². The summed E-state index contributed by atoms with van der Waals surface area (Å²) in [6.07, 6.45) is 2.14. The molecule has 116 valence electrons. The number of nitrogens with one attached hydrogen (secondary N) is 2. The normalized spacial score (nSPS) is 11.9. The van der Waals surface area contributed by atoms with Crippen LogP contribution in [0.25, 0.3) is 0 Å². The van der Waals surface area contributed by atoms with Gasteiger partial charge in [0, 0.05) is 18.4 Å². The van der Waals surface area contributed by atoms with Crippen molar-refractivity contribution in [1.29, 1.82) is 0 Å². The van der Waals surface area contributed by atoms with Crippen molar-refractivity contribution in [2.75, 3.05) is 11.9 Å². The molecule has 1 heterocycles. The van der Waals surface area contributed by atoms with Crippen LogP contribution in [0.3, 0.4) is 0 Å². The van der Waals surface area contributed by atoms with Crippen LogP contribution in [-0.4, -0.2) is 39.1 Å². The quantitative estimate of drug-likeness (QED) is 0.536. The zero-order valence-corrected chi connectivity index (χ0v) is 13.1. The molecule has 0 fully saturated rings. The third kappa shape index (κ3) is 3.88. The number of H-pyrrole nitrogens is 1. The van der Waals surface area contributed by atoms with Gasteiger partial charge in [0.2, 0.25) is 0 Å². The standard InChI is InChI=1S/C15H17N3O3S/c1-9-4-3-5-12(10(9)2)16-6-11(8-19)22-15-17-7-13(18-15)14(20)21/h3-5,7-8,11,16H,6H2,1-2H3,(H,17,18)(H,20,21). The van der Waals surface area contributed by atoms with Gasteiger partial charge in [0.05, 0.1) is 5.25 Å². The molecule has 22 heavy (non-hydrogen) atoms. The summed E-state index contributed by atoms with van der Waals surface area (Å²) in [5.41, 5.74) is 3.24. The second kappa shape index (κ2) is 7.13. The lowest BCUT2D eigenvalue weighted by Crippen LogP contribution is -2.18. The summed E-state index contributed by atoms with van der Waals surface area (Å²) >= 11 is 1.20. The van der Waals surface area contributed by atoms with Crippen LogP contribution in [0.4, 0.5) is 5.69 Å². The van der Waals surface area contributed by atoms with E-state index in [2.05, 4.69) is 15.3 Å². The Morgan fingerprint density at radius 3 is 2.91 bits per heavy atom. The molecule has 7 heteroatoms. The third-order valence-electron chi connectivity index (χ3n) is 3.29. The van der Waals surface area contributed by atoms with Crippen LogP contribution >= 0.6 is 11.8 Å². The van der Waals surface area contributed by atoms with E-state index < -0.39 is 5.97 Å². The molecule has 3 N–H and O–H groups in total. The van der Waals surface area contributed by atoms with Gasteiger partial charge >= 0.3 is 5.97 Å². The van der Waals surface area contributed by atoms with Gasteiger partial charge in [-0.05, 0) is 31.0 Å². The molecule has 0 spiro atoms. The summed E-state index contributed by atoms with van der Waals surface area (Å²) in [7, 11) is 0. The second-order valence-corrected chi connectivity index (χ2v) is 6.04. The highest BCUT2D eigenvalue weighted by molar-refractivity contribution is 8.00. The number of hydrogen-bond donors (Lipinski definition) is 3. The van der Waals surface area contributed by atoms with Crippen molar-refractivity contribution >= 4 is 29.7 Å². The minimum atomic E-state index is -1.10. The maximum absolute atomic E-state index is 11.2. The third-order valence-corrected chi connectivity index (χ3v) is 4.30. The van der Waals surface area contributed by atoms with E-state index in [9.17, 15) is 9.59 Å². The number of carbonyl (C=O) groups is 2. The van der Waals surface area contributed by atoms with Crippen LogP contribution in [0.15, 0.2) is 29.6 Å². The highest BCUT2D eigenvalue weighted by Gasteiger charge is 2.14. The van der Waals surface area contributed by atoms with Gasteiger partial charge in [0.25, 0.3) is 0 Å². The lowest BCUT2D eigenvalue weighted by molar-refractivity contribution is -0.107. The zero-order chi connectivity index (χ0) is 16.1. The Kier molecular flexibility index (Phi) is 5.21. The van der Waals surface area contributed by atoms with Gasteiger partial charge < -0.3 is 20.2 Å². The molecule has 1 aromatic heterocycles. The Morgan fingerprint density at radius 1 is 1.50 bits per heavy atom. The predicted molar refractivity (Wildman–Crippen MR) is 85.7 cm³/mol. The molecule has 0 bridgehead atoms. The molecule has 1 aromatic carbocycles. The number of rotatable bonds is 7. The van der Waals surface area contributed by atoms with E-state index in [1.807, 2.05) is 32.0 Å². The molecule has 0 saturated heterocycles. The number of benzene rings is 1. The number of aromatic nitrogens is 2. The molecule has 0 amide bonds. The van der Waals surface area contributed by atoms with Crippen LogP contribution in [0, 0.1) is 13.8 Å². The molecule has 6 nitrogen and oxygen atoms in total. The minimum Gasteiger partial charge on any atom is -0.476 e. The predicted octanol–water partition coefficient (Wildman–Crippen LogP) is 2.50. The van der Waals surface area contributed by atoms with Gasteiger partial charge in [-0.25, -0.2) is 9.78 Å². The number of carbonyl (C=O) groups excluding carboxylic acids is 1. The fraction of sp³-hybridized carbons (Fsp3) is 0.267. The fourth-order valence-corrected chi connectivity index (χ4v) is 2.68. The zero-order valence-electron chi connectivity index (χ0n) is 12.3. The van der Waals surface area contributed by atoms with E-state index in [1.54, 1.807) is 0 Å². The Bertz CT molecular complexity index is 684. The van der Waals surface area contributed by atoms with Gasteiger partial charge in [0.1, 0.15) is 6.29 Å². The van der Waals surface area contributed by atoms with Crippen LogP contribution in [0.1, 0.15) is 21.6 Å². The molecule has 2 rings (SSSR count). The molecular weight excluding hydrogens is 302 g/mol. The minimum absolute atomic E-state index is 0.0605. The summed E-state index contributed by atoms with van der Waals surface area (Å²) in [6, 6.07) is 5.95. The number of anilines is 1. The molecule has 0 radical (unpaired) electrons. The summed E-state index contributed by atoms with van der Waals surface area (Å²) in [5.74, 6) is -1.10. The van der Waals surface area contributed by atoms with Crippen LogP contribution < -0.4 is 5.32 Å². The lowest BCUT2D eigenvalue weighted by atomic mass is 10.1. The smallest absolute Gasteiger partial charge is 0.356 e. The van der Waals surface area contributed by atoms with Gasteiger partial charge in [-0.2, -0.15) is 0 Å². The van der Waals surface area contributed by atoms with E-state index in [0.717, 1.165) is 17.5 Å². The van der Waals surface area contributed by atoms with Crippen molar-refractivity contribution in [3.63, 3.8) is 0 Å². The number of carboxylic acid groups (broad SMARTS) is 1. The topological polar surface area (TPSA) is 95.1 Å². The Labute approximate surface area is 132 Å². The first-order valence-electron chi connectivity index (χ1n) is 6.72. The molecule has 0 saturated carbocycles. The Balaban J connectivity index is 1.98. The average Bonchev–Trinajstić information content (AvgIpc) is 2.96.